The Morgan fingerprint density at radius 3 is 2.66 bits per heavy atom. The maximum Gasteiger partial charge on any atom is 0.278 e. The average Bonchev–Trinajstić information content (AvgIpc) is 3.09. The van der Waals surface area contributed by atoms with Crippen LogP contribution in [0, 0.1) is 19.7 Å². The fraction of sp³-hybridized carbons (Fsp3) is 0.185. The van der Waals surface area contributed by atoms with Crippen LogP contribution in [-0.4, -0.2) is 22.4 Å². The van der Waals surface area contributed by atoms with Crippen molar-refractivity contribution in [2.45, 2.75) is 26.8 Å². The van der Waals surface area contributed by atoms with Crippen LogP contribution in [0.3, 0.4) is 0 Å². The van der Waals surface area contributed by atoms with Gasteiger partial charge in [0.1, 0.15) is 12.4 Å². The van der Waals surface area contributed by atoms with Gasteiger partial charge in [0.15, 0.2) is 11.5 Å². The third kappa shape index (κ3) is 3.97. The summed E-state index contributed by atoms with van der Waals surface area (Å²) in [5.41, 5.74) is 3.58. The highest BCUT2D eigenvalue weighted by Gasteiger charge is 2.31. The molecule has 0 fully saturated rings. The number of anilines is 1. The van der Waals surface area contributed by atoms with E-state index in [-0.39, 0.29) is 23.7 Å². The molecule has 1 aliphatic rings. The number of hydrogen-bond acceptors (Lipinski definition) is 4. The monoisotopic (exact) mass is 473 g/mol. The number of rotatable bonds is 5. The summed E-state index contributed by atoms with van der Waals surface area (Å²) in [6.07, 6.45) is 0.327. The SMILES string of the molecule is COc1cccc2c1Oc1c(c(=O)n(-c3ccc(C)cc3C)n1CC(=O)Nc1ccccc1F)C2. The van der Waals surface area contributed by atoms with Crippen molar-refractivity contribution in [3.05, 3.63) is 99.1 Å². The first-order valence-corrected chi connectivity index (χ1v) is 11.2. The second kappa shape index (κ2) is 8.79. The Morgan fingerprint density at radius 1 is 1.11 bits per heavy atom. The van der Waals surface area contributed by atoms with Crippen LogP contribution in [0.4, 0.5) is 10.1 Å². The number of carbonyl (C=O) groups is 1. The molecule has 178 valence electrons. The molecule has 1 aliphatic heterocycles. The second-order valence-corrected chi connectivity index (χ2v) is 8.50. The lowest BCUT2D eigenvalue weighted by Gasteiger charge is -2.21. The number of benzene rings is 3. The minimum Gasteiger partial charge on any atom is -0.493 e. The Balaban J connectivity index is 1.64. The zero-order valence-corrected chi connectivity index (χ0v) is 19.6. The number of para-hydroxylation sites is 2. The highest BCUT2D eigenvalue weighted by atomic mass is 19.1. The molecule has 1 amide bonds. The molecule has 7 nitrogen and oxygen atoms in total. The van der Waals surface area contributed by atoms with Crippen molar-refractivity contribution in [1.82, 2.24) is 9.36 Å². The third-order valence-corrected chi connectivity index (χ3v) is 6.05. The van der Waals surface area contributed by atoms with Gasteiger partial charge in [-0.3, -0.25) is 9.59 Å². The quantitative estimate of drug-likeness (QED) is 0.400. The molecule has 5 rings (SSSR count). The van der Waals surface area contributed by atoms with E-state index >= 15 is 0 Å². The van der Waals surface area contributed by atoms with Gasteiger partial charge in [0.25, 0.3) is 5.56 Å². The lowest BCUT2D eigenvalue weighted by atomic mass is 10.0. The number of fused-ring (bicyclic) bond motifs is 2. The smallest absolute Gasteiger partial charge is 0.278 e. The number of amides is 1. The van der Waals surface area contributed by atoms with Crippen LogP contribution in [0.2, 0.25) is 0 Å². The van der Waals surface area contributed by atoms with Crippen molar-refractivity contribution < 1.29 is 18.7 Å². The summed E-state index contributed by atoms with van der Waals surface area (Å²) in [6, 6.07) is 17.1. The molecule has 8 heteroatoms. The van der Waals surface area contributed by atoms with Gasteiger partial charge < -0.3 is 14.8 Å². The first kappa shape index (κ1) is 22.5. The minimum absolute atomic E-state index is 0.0619. The number of nitrogens with zero attached hydrogens (tertiary/aromatic N) is 2. The maximum atomic E-state index is 14.1. The molecule has 1 N–H and O–H groups in total. The van der Waals surface area contributed by atoms with Gasteiger partial charge in [-0.2, -0.15) is 0 Å². The Labute approximate surface area is 201 Å². The van der Waals surface area contributed by atoms with Crippen molar-refractivity contribution in [2.24, 2.45) is 0 Å². The van der Waals surface area contributed by atoms with Gasteiger partial charge in [0, 0.05) is 12.0 Å². The lowest BCUT2D eigenvalue weighted by Crippen LogP contribution is -2.28. The molecular formula is C27H24FN3O4. The van der Waals surface area contributed by atoms with Gasteiger partial charge in [0.2, 0.25) is 11.8 Å². The first-order chi connectivity index (χ1) is 16.9. The summed E-state index contributed by atoms with van der Waals surface area (Å²) in [7, 11) is 1.55. The number of ether oxygens (including phenoxy) is 2. The average molecular weight is 474 g/mol. The predicted octanol–water partition coefficient (Wildman–Crippen LogP) is 4.74. The summed E-state index contributed by atoms with van der Waals surface area (Å²) in [5, 5.41) is 2.59. The Bertz CT molecular complexity index is 1520. The van der Waals surface area contributed by atoms with Crippen molar-refractivity contribution >= 4 is 11.6 Å². The highest BCUT2D eigenvalue weighted by Crippen LogP contribution is 2.42. The number of methoxy groups -OCH3 is 1. The van der Waals surface area contributed by atoms with Crippen molar-refractivity contribution in [3.8, 4) is 23.1 Å². The summed E-state index contributed by atoms with van der Waals surface area (Å²) < 4.78 is 28.8. The van der Waals surface area contributed by atoms with E-state index in [2.05, 4.69) is 5.32 Å². The number of hydrogen-bond donors (Lipinski definition) is 1. The van der Waals surface area contributed by atoms with E-state index in [0.29, 0.717) is 29.2 Å². The lowest BCUT2D eigenvalue weighted by molar-refractivity contribution is -0.117. The molecule has 2 heterocycles. The molecule has 0 unspecified atom stereocenters. The van der Waals surface area contributed by atoms with Crippen molar-refractivity contribution in [3.63, 3.8) is 0 Å². The van der Waals surface area contributed by atoms with E-state index in [0.717, 1.165) is 16.7 Å². The third-order valence-electron chi connectivity index (χ3n) is 6.05. The normalized spacial score (nSPS) is 11.9. The molecule has 35 heavy (non-hydrogen) atoms. The van der Waals surface area contributed by atoms with Crippen LogP contribution in [0.25, 0.3) is 5.69 Å². The number of halogens is 1. The van der Waals surface area contributed by atoms with Gasteiger partial charge in [-0.05, 0) is 43.7 Å². The molecule has 0 atom stereocenters. The fourth-order valence-electron chi connectivity index (χ4n) is 4.42. The molecule has 3 aromatic carbocycles. The van der Waals surface area contributed by atoms with Crippen LogP contribution in [0.5, 0.6) is 17.4 Å². The summed E-state index contributed by atoms with van der Waals surface area (Å²) in [6.45, 7) is 3.61. The van der Waals surface area contributed by atoms with E-state index in [4.69, 9.17) is 9.47 Å². The number of nitrogens with one attached hydrogen (secondary N) is 1. The van der Waals surface area contributed by atoms with Gasteiger partial charge >= 0.3 is 0 Å². The summed E-state index contributed by atoms with van der Waals surface area (Å²) >= 11 is 0. The number of aryl methyl sites for hydroxylation is 2. The zero-order chi connectivity index (χ0) is 24.7. The van der Waals surface area contributed by atoms with E-state index in [9.17, 15) is 14.0 Å². The van der Waals surface area contributed by atoms with Crippen molar-refractivity contribution in [1.29, 1.82) is 0 Å². The maximum absolute atomic E-state index is 14.1. The Morgan fingerprint density at radius 2 is 1.91 bits per heavy atom. The molecule has 0 saturated heterocycles. The first-order valence-electron chi connectivity index (χ1n) is 11.2. The molecule has 4 aromatic rings. The van der Waals surface area contributed by atoms with Crippen LogP contribution in [-0.2, 0) is 17.8 Å². The fourth-order valence-corrected chi connectivity index (χ4v) is 4.42. The zero-order valence-electron chi connectivity index (χ0n) is 19.6. The molecule has 0 saturated carbocycles. The van der Waals surface area contributed by atoms with Crippen LogP contribution in [0.15, 0.2) is 65.5 Å². The van der Waals surface area contributed by atoms with E-state index < -0.39 is 11.7 Å². The molecule has 0 bridgehead atoms. The molecule has 0 spiro atoms. The predicted molar refractivity (Wildman–Crippen MR) is 130 cm³/mol. The molecule has 0 radical (unpaired) electrons. The van der Waals surface area contributed by atoms with E-state index in [1.807, 2.05) is 44.2 Å². The van der Waals surface area contributed by atoms with Crippen LogP contribution < -0.4 is 20.3 Å². The van der Waals surface area contributed by atoms with E-state index in [1.54, 1.807) is 25.3 Å². The van der Waals surface area contributed by atoms with Crippen molar-refractivity contribution in [2.75, 3.05) is 12.4 Å². The Hall–Kier alpha value is -4.33. The topological polar surface area (TPSA) is 74.5 Å². The van der Waals surface area contributed by atoms with Crippen LogP contribution >= 0.6 is 0 Å². The van der Waals surface area contributed by atoms with E-state index in [1.165, 1.54) is 21.5 Å². The number of carbonyl (C=O) groups excluding carboxylic acids is 1. The minimum atomic E-state index is -0.544. The van der Waals surface area contributed by atoms with Crippen LogP contribution in [0.1, 0.15) is 22.3 Å². The van der Waals surface area contributed by atoms with Gasteiger partial charge in [-0.1, -0.05) is 42.0 Å². The largest absolute Gasteiger partial charge is 0.493 e. The summed E-state index contributed by atoms with van der Waals surface area (Å²) in [5.74, 6) is 0.249. The van der Waals surface area contributed by atoms with Gasteiger partial charge in [-0.15, -0.1) is 0 Å². The standard InChI is InChI=1S/C27H24FN3O4/c1-16-11-12-22(17(2)13-16)31-26(33)19-14-18-7-6-10-23(34-3)25(18)35-27(19)30(31)15-24(32)29-21-9-5-4-8-20(21)28/h4-13H,14-15H2,1-3H3,(H,29,32). The van der Waals surface area contributed by atoms with Gasteiger partial charge in [0.05, 0.1) is 24.0 Å². The molecular weight excluding hydrogens is 449 g/mol. The molecule has 0 aliphatic carbocycles. The van der Waals surface area contributed by atoms with Gasteiger partial charge in [-0.25, -0.2) is 13.8 Å². The Kier molecular flexibility index (Phi) is 5.64. The highest BCUT2D eigenvalue weighted by molar-refractivity contribution is 5.90. The summed E-state index contributed by atoms with van der Waals surface area (Å²) in [4.78, 5) is 26.7. The number of aromatic nitrogens is 2. The second-order valence-electron chi connectivity index (χ2n) is 8.50. The molecule has 1 aromatic heterocycles.